The average molecular weight is 518 g/mol. The quantitative estimate of drug-likeness (QED) is 0.380. The van der Waals surface area contributed by atoms with Gasteiger partial charge in [-0.2, -0.15) is 0 Å². The molecule has 0 saturated carbocycles. The first-order valence-corrected chi connectivity index (χ1v) is 11.9. The Labute approximate surface area is 216 Å². The Kier molecular flexibility index (Phi) is 5.22. The van der Waals surface area contributed by atoms with E-state index >= 15 is 0 Å². The minimum atomic E-state index is -2.14. The van der Waals surface area contributed by atoms with Crippen LogP contribution in [0.2, 0.25) is 5.02 Å². The molecule has 0 unspecified atom stereocenters. The Hall–Kier alpha value is -4.01. The number of carbonyl (C=O) groups excluding carboxylic acids is 4. The average Bonchev–Trinajstić information content (AvgIpc) is 3.48. The molecule has 3 aromatic carbocycles. The largest absolute Gasteiger partial charge is 0.493 e. The lowest BCUT2D eigenvalue weighted by Crippen LogP contribution is -2.51. The zero-order chi connectivity index (χ0) is 26.1. The Morgan fingerprint density at radius 3 is 2.03 bits per heavy atom. The number of hydrogen-bond acceptors (Lipinski definition) is 7. The second-order valence-corrected chi connectivity index (χ2v) is 9.52. The van der Waals surface area contributed by atoms with Gasteiger partial charge >= 0.3 is 0 Å². The molecule has 2 aliphatic heterocycles. The van der Waals surface area contributed by atoms with Gasteiger partial charge in [-0.25, -0.2) is 4.90 Å². The standard InChI is InChI=1S/C28H20ClNO7/c1-35-19-12-11-16(13-20(19)36-2)30-26(33)21-22(27(30)34)28(37-23(21)14-7-9-15(29)10-8-14)24(31)17-5-3-4-6-18(17)25(28)32/h3-13,21-23H,1-2H3/t21-,22+,23+/m0/s1. The number of nitrogens with zero attached hydrogens (tertiary/aromatic N) is 1. The van der Waals surface area contributed by atoms with Crippen molar-refractivity contribution in [2.75, 3.05) is 19.1 Å². The van der Waals surface area contributed by atoms with E-state index in [0.29, 0.717) is 22.1 Å². The van der Waals surface area contributed by atoms with Crippen molar-refractivity contribution in [3.05, 3.63) is 88.4 Å². The van der Waals surface area contributed by atoms with Crippen LogP contribution in [0.15, 0.2) is 66.7 Å². The molecule has 3 aliphatic rings. The predicted molar refractivity (Wildman–Crippen MR) is 132 cm³/mol. The molecule has 2 fully saturated rings. The molecule has 8 nitrogen and oxygen atoms in total. The topological polar surface area (TPSA) is 99.2 Å². The molecule has 3 atom stereocenters. The fraction of sp³-hybridized carbons (Fsp3) is 0.214. The molecule has 2 heterocycles. The molecule has 2 saturated heterocycles. The van der Waals surface area contributed by atoms with Gasteiger partial charge in [-0.05, 0) is 29.8 Å². The highest BCUT2D eigenvalue weighted by molar-refractivity contribution is 6.37. The highest BCUT2D eigenvalue weighted by atomic mass is 35.5. The van der Waals surface area contributed by atoms with Crippen molar-refractivity contribution in [2.24, 2.45) is 11.8 Å². The van der Waals surface area contributed by atoms with Crippen LogP contribution in [0.4, 0.5) is 5.69 Å². The number of ketones is 2. The molecule has 3 aromatic rings. The second-order valence-electron chi connectivity index (χ2n) is 9.08. The lowest BCUT2D eigenvalue weighted by atomic mass is 9.77. The van der Waals surface area contributed by atoms with Crippen LogP contribution < -0.4 is 14.4 Å². The van der Waals surface area contributed by atoms with E-state index in [-0.39, 0.29) is 16.8 Å². The molecule has 0 bridgehead atoms. The number of methoxy groups -OCH3 is 2. The highest BCUT2D eigenvalue weighted by Crippen LogP contribution is 2.58. The monoisotopic (exact) mass is 517 g/mol. The number of ether oxygens (including phenoxy) is 3. The minimum Gasteiger partial charge on any atom is -0.493 e. The molecule has 0 N–H and O–H groups in total. The summed E-state index contributed by atoms with van der Waals surface area (Å²) in [7, 11) is 2.91. The molecular formula is C28H20ClNO7. The molecule has 37 heavy (non-hydrogen) atoms. The van der Waals surface area contributed by atoms with E-state index < -0.39 is 46.9 Å². The van der Waals surface area contributed by atoms with E-state index in [9.17, 15) is 19.2 Å². The number of imide groups is 1. The summed E-state index contributed by atoms with van der Waals surface area (Å²) in [5.41, 5.74) is -1.03. The molecular weight excluding hydrogens is 498 g/mol. The first-order chi connectivity index (χ1) is 17.8. The van der Waals surface area contributed by atoms with Gasteiger partial charge < -0.3 is 14.2 Å². The summed E-state index contributed by atoms with van der Waals surface area (Å²) in [5.74, 6) is -4.21. The van der Waals surface area contributed by atoms with Gasteiger partial charge in [0.1, 0.15) is 0 Å². The summed E-state index contributed by atoms with van der Waals surface area (Å²) in [6.45, 7) is 0. The van der Waals surface area contributed by atoms with E-state index in [1.54, 1.807) is 48.5 Å². The molecule has 1 spiro atoms. The number of amides is 2. The summed E-state index contributed by atoms with van der Waals surface area (Å²) in [6.07, 6.45) is -1.02. The van der Waals surface area contributed by atoms with Crippen LogP contribution in [0.25, 0.3) is 0 Å². The van der Waals surface area contributed by atoms with Crippen LogP contribution in [-0.4, -0.2) is 43.2 Å². The van der Waals surface area contributed by atoms with Crippen LogP contribution in [0.3, 0.4) is 0 Å². The number of rotatable bonds is 4. The minimum absolute atomic E-state index is 0.174. The summed E-state index contributed by atoms with van der Waals surface area (Å²) < 4.78 is 16.9. The van der Waals surface area contributed by atoms with Crippen LogP contribution in [0.5, 0.6) is 11.5 Å². The normalized spacial score (nSPS) is 23.5. The highest BCUT2D eigenvalue weighted by Gasteiger charge is 2.74. The van der Waals surface area contributed by atoms with Crippen molar-refractivity contribution in [3.63, 3.8) is 0 Å². The Balaban J connectivity index is 1.52. The van der Waals surface area contributed by atoms with E-state index in [1.807, 2.05) is 0 Å². The summed E-state index contributed by atoms with van der Waals surface area (Å²) >= 11 is 6.07. The summed E-state index contributed by atoms with van der Waals surface area (Å²) in [4.78, 5) is 56.6. The van der Waals surface area contributed by atoms with Gasteiger partial charge in [0.15, 0.2) is 11.5 Å². The van der Waals surface area contributed by atoms with Gasteiger partial charge in [-0.15, -0.1) is 0 Å². The van der Waals surface area contributed by atoms with E-state index in [2.05, 4.69) is 0 Å². The fourth-order valence-electron chi connectivity index (χ4n) is 5.69. The van der Waals surface area contributed by atoms with Crippen LogP contribution in [-0.2, 0) is 14.3 Å². The van der Waals surface area contributed by atoms with Gasteiger partial charge in [0.25, 0.3) is 0 Å². The molecule has 0 aromatic heterocycles. The number of carbonyl (C=O) groups is 4. The molecule has 1 aliphatic carbocycles. The van der Waals surface area contributed by atoms with Gasteiger partial charge in [0.2, 0.25) is 29.0 Å². The van der Waals surface area contributed by atoms with Crippen molar-refractivity contribution in [3.8, 4) is 11.5 Å². The van der Waals surface area contributed by atoms with E-state index in [0.717, 1.165) is 4.90 Å². The van der Waals surface area contributed by atoms with Crippen molar-refractivity contribution < 1.29 is 33.4 Å². The predicted octanol–water partition coefficient (Wildman–Crippen LogP) is 4.05. The second kappa shape index (κ2) is 8.26. The fourth-order valence-corrected chi connectivity index (χ4v) is 5.82. The lowest BCUT2D eigenvalue weighted by Gasteiger charge is -2.27. The third-order valence-electron chi connectivity index (χ3n) is 7.34. The van der Waals surface area contributed by atoms with Crippen molar-refractivity contribution >= 4 is 40.7 Å². The van der Waals surface area contributed by atoms with Gasteiger partial charge in [0, 0.05) is 22.2 Å². The van der Waals surface area contributed by atoms with Crippen molar-refractivity contribution in [2.45, 2.75) is 11.7 Å². The number of anilines is 1. The molecule has 186 valence electrons. The number of benzene rings is 3. The SMILES string of the molecule is COc1ccc(N2C(=O)[C@@H]3[C@@H](c4ccc(Cl)cc4)OC4(C(=O)c5ccccc5C4=O)[C@H]3C2=O)cc1OC. The third-order valence-corrected chi connectivity index (χ3v) is 7.59. The zero-order valence-electron chi connectivity index (χ0n) is 19.8. The van der Waals surface area contributed by atoms with E-state index in [1.165, 1.54) is 32.4 Å². The molecule has 6 rings (SSSR count). The molecule has 0 radical (unpaired) electrons. The molecule has 9 heteroatoms. The number of halogens is 1. The maximum Gasteiger partial charge on any atom is 0.241 e. The summed E-state index contributed by atoms with van der Waals surface area (Å²) in [5, 5.41) is 0.467. The third kappa shape index (κ3) is 3.06. The van der Waals surface area contributed by atoms with Gasteiger partial charge in [-0.1, -0.05) is 48.0 Å². The first-order valence-electron chi connectivity index (χ1n) is 11.5. The number of fused-ring (bicyclic) bond motifs is 3. The zero-order valence-corrected chi connectivity index (χ0v) is 20.5. The maximum absolute atomic E-state index is 14.0. The first kappa shape index (κ1) is 23.4. The Morgan fingerprint density at radius 2 is 1.43 bits per heavy atom. The van der Waals surface area contributed by atoms with Crippen molar-refractivity contribution in [1.29, 1.82) is 0 Å². The Morgan fingerprint density at radius 1 is 0.811 bits per heavy atom. The van der Waals surface area contributed by atoms with Crippen LogP contribution >= 0.6 is 11.6 Å². The molecule has 2 amide bonds. The van der Waals surface area contributed by atoms with E-state index in [4.69, 9.17) is 25.8 Å². The lowest BCUT2D eigenvalue weighted by molar-refractivity contribution is -0.127. The Bertz CT molecular complexity index is 1460. The van der Waals surface area contributed by atoms with Crippen molar-refractivity contribution in [1.82, 2.24) is 0 Å². The van der Waals surface area contributed by atoms with Crippen LogP contribution in [0.1, 0.15) is 32.4 Å². The number of Topliss-reactive ketones (excluding diaryl/α,β-unsaturated/α-hetero) is 2. The van der Waals surface area contributed by atoms with Gasteiger partial charge in [0.05, 0.1) is 37.8 Å². The van der Waals surface area contributed by atoms with Crippen LogP contribution in [0, 0.1) is 11.8 Å². The number of hydrogen-bond donors (Lipinski definition) is 0. The maximum atomic E-state index is 14.0. The van der Waals surface area contributed by atoms with Gasteiger partial charge in [-0.3, -0.25) is 19.2 Å². The summed E-state index contributed by atoms with van der Waals surface area (Å²) in [6, 6.07) is 17.6. The smallest absolute Gasteiger partial charge is 0.241 e.